The van der Waals surface area contributed by atoms with Gasteiger partial charge >= 0.3 is 0 Å². The molecule has 382 valence electrons. The van der Waals surface area contributed by atoms with Gasteiger partial charge in [-0.2, -0.15) is 0 Å². The smallest absolute Gasteiger partial charge is 0.246 e. The Kier molecular flexibility index (Phi) is 15.3. The number of rotatable bonds is 13. The molecule has 3 atom stereocenters. The number of nitrogens with one attached hydrogen (secondary N) is 3. The summed E-state index contributed by atoms with van der Waals surface area (Å²) in [7, 11) is 0. The predicted octanol–water partition coefficient (Wildman–Crippen LogP) is 6.36. The molecule has 2 aromatic carbocycles. The van der Waals surface area contributed by atoms with Crippen LogP contribution in [0.4, 0.5) is 17.5 Å². The van der Waals surface area contributed by atoms with Gasteiger partial charge in [-0.25, -0.2) is 9.97 Å². The summed E-state index contributed by atoms with van der Waals surface area (Å²) in [5, 5.41) is 39.8. The average molecular weight is 1000 g/mol. The fourth-order valence-electron chi connectivity index (χ4n) is 11.7. The van der Waals surface area contributed by atoms with Crippen LogP contribution in [0.5, 0.6) is 5.75 Å². The zero-order valence-corrected chi connectivity index (χ0v) is 42.9. The van der Waals surface area contributed by atoms with E-state index in [0.717, 1.165) is 113 Å². The number of hydrogen-bond donors (Lipinski definition) is 5. The largest absolute Gasteiger partial charge is 0.506 e. The molecule has 2 aliphatic carbocycles. The molecule has 72 heavy (non-hydrogen) atoms. The van der Waals surface area contributed by atoms with Gasteiger partial charge in [0, 0.05) is 87.7 Å². The highest BCUT2D eigenvalue weighted by Gasteiger charge is 2.50. The lowest BCUT2D eigenvalue weighted by molar-refractivity contribution is -0.145. The first-order valence-electron chi connectivity index (χ1n) is 25.9. The molecular weight excluding hydrogens is 930 g/mol. The summed E-state index contributed by atoms with van der Waals surface area (Å²) in [5.41, 5.74) is 4.50. The van der Waals surface area contributed by atoms with Crippen molar-refractivity contribution in [3.63, 3.8) is 0 Å². The van der Waals surface area contributed by atoms with Crippen molar-refractivity contribution in [2.75, 3.05) is 67.5 Å². The Labute approximate surface area is 428 Å². The Morgan fingerprint density at radius 1 is 0.917 bits per heavy atom. The number of aromatic nitrogens is 4. The molecule has 3 aliphatic heterocycles. The second-order valence-electron chi connectivity index (χ2n) is 21.8. The molecule has 2 aromatic heterocycles. The molecule has 0 unspecified atom stereocenters. The lowest BCUT2D eigenvalue weighted by atomic mass is 9.56. The van der Waals surface area contributed by atoms with Gasteiger partial charge in [0.1, 0.15) is 17.8 Å². The number of piperidine rings is 1. The Morgan fingerprint density at radius 2 is 1.60 bits per heavy atom. The van der Waals surface area contributed by atoms with Gasteiger partial charge in [0.25, 0.3) is 0 Å². The maximum Gasteiger partial charge on any atom is 0.246 e. The minimum absolute atomic E-state index is 0.00909. The Bertz CT molecular complexity index is 2610. The number of aromatic hydroxyl groups is 1. The van der Waals surface area contributed by atoms with Gasteiger partial charge in [-0.15, -0.1) is 16.6 Å². The van der Waals surface area contributed by atoms with Crippen LogP contribution in [-0.4, -0.2) is 134 Å². The van der Waals surface area contributed by atoms with E-state index in [0.29, 0.717) is 35.6 Å². The Hall–Kier alpha value is -6.02. The summed E-state index contributed by atoms with van der Waals surface area (Å²) in [5.74, 6) is 3.51. The van der Waals surface area contributed by atoms with Crippen molar-refractivity contribution in [2.24, 2.45) is 16.7 Å². The van der Waals surface area contributed by atoms with E-state index in [1.807, 2.05) is 70.4 Å². The molecule has 4 aromatic rings. The number of phenolic OH excluding ortho intramolecular Hbond substituents is 1. The van der Waals surface area contributed by atoms with Crippen LogP contribution in [0.15, 0.2) is 60.9 Å². The quantitative estimate of drug-likeness (QED) is 0.0932. The molecule has 17 heteroatoms. The van der Waals surface area contributed by atoms with E-state index in [2.05, 4.69) is 46.8 Å². The van der Waals surface area contributed by atoms with Crippen molar-refractivity contribution >= 4 is 46.8 Å². The number of anilines is 3. The van der Waals surface area contributed by atoms with Crippen LogP contribution in [0.25, 0.3) is 11.3 Å². The topological polar surface area (TPSA) is 192 Å². The van der Waals surface area contributed by atoms with E-state index < -0.39 is 23.6 Å². The molecule has 3 amide bonds. The van der Waals surface area contributed by atoms with Crippen LogP contribution in [0.2, 0.25) is 5.02 Å². The van der Waals surface area contributed by atoms with Crippen molar-refractivity contribution in [3.8, 4) is 29.4 Å². The molecule has 5 N–H and O–H groups in total. The highest BCUT2D eigenvalue weighted by atomic mass is 35.5. The molecule has 9 rings (SSSR count). The summed E-state index contributed by atoms with van der Waals surface area (Å²) in [4.78, 5) is 60.0. The number of halogens is 1. The molecule has 5 heterocycles. The first-order chi connectivity index (χ1) is 34.6. The Morgan fingerprint density at radius 3 is 2.25 bits per heavy atom. The van der Waals surface area contributed by atoms with Crippen LogP contribution in [0.1, 0.15) is 108 Å². The number of para-hydroxylation sites is 1. The maximum atomic E-state index is 14.2. The third-order valence-corrected chi connectivity index (χ3v) is 16.4. The van der Waals surface area contributed by atoms with E-state index >= 15 is 0 Å². The number of aliphatic hydroxyl groups excluding tert-OH is 1. The lowest BCUT2D eigenvalue weighted by Crippen LogP contribution is -2.59. The zero-order chi connectivity index (χ0) is 50.7. The van der Waals surface area contributed by atoms with Crippen molar-refractivity contribution in [2.45, 2.75) is 122 Å². The van der Waals surface area contributed by atoms with Crippen molar-refractivity contribution in [1.82, 2.24) is 40.6 Å². The average Bonchev–Trinajstić information content (AvgIpc) is 3.79. The molecule has 0 bridgehead atoms. The summed E-state index contributed by atoms with van der Waals surface area (Å²) < 4.78 is 0. The van der Waals surface area contributed by atoms with Gasteiger partial charge in [-0.1, -0.05) is 56.5 Å². The van der Waals surface area contributed by atoms with Crippen molar-refractivity contribution in [3.05, 3.63) is 82.6 Å². The number of piperazine rings is 1. The summed E-state index contributed by atoms with van der Waals surface area (Å²) in [6.45, 7) is 13.9. The van der Waals surface area contributed by atoms with Gasteiger partial charge in [0.05, 0.1) is 22.5 Å². The van der Waals surface area contributed by atoms with Gasteiger partial charge in [0.2, 0.25) is 23.7 Å². The van der Waals surface area contributed by atoms with Crippen LogP contribution >= 0.6 is 11.6 Å². The SMILES string of the molecule is C#Cc1ccc(CNC(=O)[C@@H]2C[C@@H](O)CN2C(=O)[C@@H](NC(=O)C2CCC3(CC2)CC(N2CCC(c4cnc(N5CCN(c6cc(-c7cccc(Cl)c7O)nnc6NCC)CC5)nc4)CC2)C3)C(C)(C)C)cc1. The van der Waals surface area contributed by atoms with Crippen LogP contribution < -0.4 is 25.8 Å². The number of β-amino-alcohol motifs (C(OH)–C–C–N with tert-alkyl or cyclic N) is 1. The molecule has 0 radical (unpaired) electrons. The van der Waals surface area contributed by atoms with E-state index in [1.54, 1.807) is 18.2 Å². The molecule has 1 spiro atoms. The maximum absolute atomic E-state index is 14.2. The van der Waals surface area contributed by atoms with Gasteiger partial charge in [-0.3, -0.25) is 14.4 Å². The molecular formula is C55H70ClN11O5. The summed E-state index contributed by atoms with van der Waals surface area (Å²) in [6, 6.07) is 13.4. The van der Waals surface area contributed by atoms with E-state index in [9.17, 15) is 24.6 Å². The van der Waals surface area contributed by atoms with Gasteiger partial charge in [-0.05, 0) is 130 Å². The standard InChI is InChI=1S/C55H70ClN11O5/c1-6-35-11-13-36(14-12-35)31-58-51(71)46-27-41(68)34-67(46)52(72)48(54(3,4)5)61-50(70)38-15-19-55(20-16-38)29-40(30-55)64-21-17-37(18-22-64)39-32-59-53(60-33-39)66-25-23-65(24-26-66)45-28-44(62-63-49(45)57-7-2)42-9-8-10-43(56)47(42)69/h1,8-14,28,32-33,37-38,40-41,46,48,68-69H,7,15-27,29-31,34H2,2-5H3,(H,57,63)(H,58,71)(H,61,70)/t38?,40?,41-,46+,48-,55?/m1/s1. The Balaban J connectivity index is 0.714. The first-order valence-corrected chi connectivity index (χ1v) is 26.3. The van der Waals surface area contributed by atoms with E-state index in [-0.39, 0.29) is 59.3 Å². The van der Waals surface area contributed by atoms with Crippen LogP contribution in [0, 0.1) is 29.1 Å². The minimum atomic E-state index is -0.844. The molecule has 5 aliphatic rings. The number of phenols is 1. The first kappa shape index (κ1) is 50.9. The second-order valence-corrected chi connectivity index (χ2v) is 22.2. The van der Waals surface area contributed by atoms with E-state index in [4.69, 9.17) is 28.0 Å². The number of hydrogen-bond acceptors (Lipinski definition) is 13. The normalized spacial score (nSPS) is 24.3. The predicted molar refractivity (Wildman–Crippen MR) is 279 cm³/mol. The lowest BCUT2D eigenvalue weighted by Gasteiger charge is -2.55. The number of nitrogens with zero attached hydrogens (tertiary/aromatic N) is 8. The van der Waals surface area contributed by atoms with Crippen LogP contribution in [0.3, 0.4) is 0 Å². The number of carbonyl (C=O) groups excluding carboxylic acids is 3. The zero-order valence-electron chi connectivity index (χ0n) is 42.1. The van der Waals surface area contributed by atoms with Gasteiger partial charge in [0.15, 0.2) is 5.82 Å². The molecule has 2 saturated carbocycles. The highest BCUT2D eigenvalue weighted by molar-refractivity contribution is 6.32. The third-order valence-electron chi connectivity index (χ3n) is 16.1. The summed E-state index contributed by atoms with van der Waals surface area (Å²) >= 11 is 6.21. The number of benzene rings is 2. The number of carbonyl (C=O) groups is 3. The van der Waals surface area contributed by atoms with Crippen molar-refractivity contribution in [1.29, 1.82) is 0 Å². The van der Waals surface area contributed by atoms with E-state index in [1.165, 1.54) is 10.5 Å². The minimum Gasteiger partial charge on any atom is -0.506 e. The molecule has 16 nitrogen and oxygen atoms in total. The highest BCUT2D eigenvalue weighted by Crippen LogP contribution is 2.55. The van der Waals surface area contributed by atoms with Gasteiger partial charge < -0.3 is 45.8 Å². The fourth-order valence-corrected chi connectivity index (χ4v) is 11.9. The summed E-state index contributed by atoms with van der Waals surface area (Å²) in [6.07, 6.45) is 16.9. The third kappa shape index (κ3) is 11.1. The monoisotopic (exact) mass is 1000 g/mol. The molecule has 3 saturated heterocycles. The number of aliphatic hydroxyl groups is 1. The number of terminal acetylenes is 1. The fraction of sp³-hybridized carbons (Fsp3) is 0.545. The van der Waals surface area contributed by atoms with Crippen LogP contribution in [-0.2, 0) is 20.9 Å². The van der Waals surface area contributed by atoms with Crippen molar-refractivity contribution < 1.29 is 24.6 Å². The number of likely N-dealkylation sites (tertiary alicyclic amines) is 2. The molecule has 5 fully saturated rings. The second kappa shape index (κ2) is 21.6. The number of amides is 3.